The second kappa shape index (κ2) is 8.50. The highest BCUT2D eigenvalue weighted by atomic mass is 32.2. The van der Waals surface area contributed by atoms with Crippen molar-refractivity contribution in [2.75, 3.05) is 30.3 Å². The lowest BCUT2D eigenvalue weighted by atomic mass is 10.2. The van der Waals surface area contributed by atoms with E-state index in [0.29, 0.717) is 18.8 Å². The van der Waals surface area contributed by atoms with E-state index in [1.165, 1.54) is 12.1 Å². The summed E-state index contributed by atoms with van der Waals surface area (Å²) < 4.78 is 39.1. The maximum atomic E-state index is 13.2. The fraction of sp³-hybridized carbons (Fsp3) is 0.529. The van der Waals surface area contributed by atoms with Crippen molar-refractivity contribution in [3.63, 3.8) is 0 Å². The van der Waals surface area contributed by atoms with Crippen LogP contribution in [0.1, 0.15) is 0 Å². The minimum absolute atomic E-state index is 0.263. The number of sulfone groups is 1. The Hall–Kier alpha value is -1.44. The van der Waals surface area contributed by atoms with E-state index < -0.39 is 29.3 Å². The van der Waals surface area contributed by atoms with Gasteiger partial charge in [0, 0.05) is 25.3 Å². The number of nitrogens with one attached hydrogen (secondary N) is 2. The average Bonchev–Trinajstić information content (AvgIpc) is 2.58. The zero-order chi connectivity index (χ0) is 19.4. The highest BCUT2D eigenvalue weighted by Gasteiger charge is 2.35. The van der Waals surface area contributed by atoms with E-state index in [-0.39, 0.29) is 18.1 Å². The number of rotatable bonds is 5. The summed E-state index contributed by atoms with van der Waals surface area (Å²) in [7, 11) is -5.30. The van der Waals surface area contributed by atoms with Gasteiger partial charge in [-0.25, -0.2) is 12.8 Å². The smallest absolute Gasteiger partial charge is 0.175 e. The Balaban J connectivity index is 2.23. The van der Waals surface area contributed by atoms with Gasteiger partial charge in [-0.1, -0.05) is 25.6 Å². The third kappa shape index (κ3) is 5.79. The molecule has 2 rings (SSSR count). The monoisotopic (exact) mass is 399 g/mol. The van der Waals surface area contributed by atoms with E-state index in [4.69, 9.17) is 0 Å². The summed E-state index contributed by atoms with van der Waals surface area (Å²) in [6.45, 7) is 7.53. The van der Waals surface area contributed by atoms with Gasteiger partial charge in [0.15, 0.2) is 9.84 Å². The number of benzene rings is 1. The molecule has 1 aromatic carbocycles. The molecular formula is C17H26FN3O3SSi. The van der Waals surface area contributed by atoms with Gasteiger partial charge in [-0.3, -0.25) is 0 Å². The number of halogens is 1. The molecule has 1 saturated heterocycles. The third-order valence-corrected chi connectivity index (χ3v) is 6.89. The van der Waals surface area contributed by atoms with Crippen LogP contribution in [0.4, 0.5) is 10.1 Å². The lowest BCUT2D eigenvalue weighted by Crippen LogP contribution is -2.56. The molecule has 2 unspecified atom stereocenters. The summed E-state index contributed by atoms with van der Waals surface area (Å²) in [6.07, 6.45) is 0. The van der Waals surface area contributed by atoms with E-state index in [0.717, 1.165) is 0 Å². The summed E-state index contributed by atoms with van der Waals surface area (Å²) in [6, 6.07) is 4.95. The first-order valence-electron chi connectivity index (χ1n) is 8.49. The normalized spacial score (nSPS) is 19.6. The Morgan fingerprint density at radius 2 is 2.04 bits per heavy atom. The van der Waals surface area contributed by atoms with Crippen LogP contribution >= 0.6 is 0 Å². The van der Waals surface area contributed by atoms with Crippen molar-refractivity contribution in [2.24, 2.45) is 0 Å². The molecule has 1 fully saturated rings. The quantitative estimate of drug-likeness (QED) is 0.392. The predicted molar refractivity (Wildman–Crippen MR) is 104 cm³/mol. The van der Waals surface area contributed by atoms with Crippen LogP contribution in [0.15, 0.2) is 24.3 Å². The molecule has 1 heterocycles. The molecule has 0 aliphatic carbocycles. The molecule has 0 aromatic heterocycles. The summed E-state index contributed by atoms with van der Waals surface area (Å²) >= 11 is 0. The second-order valence-electron chi connectivity index (χ2n) is 7.36. The van der Waals surface area contributed by atoms with Gasteiger partial charge in [0.2, 0.25) is 0 Å². The fourth-order valence-electron chi connectivity index (χ4n) is 2.69. The van der Waals surface area contributed by atoms with E-state index in [2.05, 4.69) is 16.8 Å². The topological polar surface area (TPSA) is 81.7 Å². The number of piperazine rings is 1. The molecule has 0 bridgehead atoms. The third-order valence-electron chi connectivity index (χ3n) is 3.95. The molecule has 0 radical (unpaired) electrons. The van der Waals surface area contributed by atoms with Gasteiger partial charge in [0.05, 0.1) is 5.75 Å². The van der Waals surface area contributed by atoms with Crippen molar-refractivity contribution in [3.05, 3.63) is 30.1 Å². The Morgan fingerprint density at radius 3 is 2.62 bits per heavy atom. The molecule has 1 aromatic rings. The van der Waals surface area contributed by atoms with Crippen molar-refractivity contribution >= 4 is 23.6 Å². The first kappa shape index (κ1) is 20.9. The second-order valence-corrected chi connectivity index (χ2v) is 14.3. The van der Waals surface area contributed by atoms with Crippen molar-refractivity contribution < 1.29 is 18.0 Å². The van der Waals surface area contributed by atoms with E-state index >= 15 is 0 Å². The molecule has 6 nitrogen and oxygen atoms in total. The molecule has 1 aliphatic rings. The van der Waals surface area contributed by atoms with Gasteiger partial charge < -0.3 is 15.4 Å². The molecule has 1 aliphatic heterocycles. The van der Waals surface area contributed by atoms with Crippen LogP contribution in [0.3, 0.4) is 0 Å². The van der Waals surface area contributed by atoms with Crippen LogP contribution in [0.5, 0.6) is 0 Å². The highest BCUT2D eigenvalue weighted by molar-refractivity contribution is 7.92. The van der Waals surface area contributed by atoms with Crippen LogP contribution in [0.25, 0.3) is 0 Å². The average molecular weight is 400 g/mol. The number of nitrogens with zero attached hydrogens (tertiary/aromatic N) is 1. The molecular weight excluding hydrogens is 373 g/mol. The van der Waals surface area contributed by atoms with Crippen molar-refractivity contribution in [2.45, 2.75) is 31.1 Å². The number of anilines is 1. The zero-order valence-electron chi connectivity index (χ0n) is 15.3. The van der Waals surface area contributed by atoms with Crippen LogP contribution in [-0.2, 0) is 9.84 Å². The first-order chi connectivity index (χ1) is 12.1. The summed E-state index contributed by atoms with van der Waals surface area (Å²) in [4.78, 5) is 1.76. The van der Waals surface area contributed by atoms with Crippen molar-refractivity contribution in [1.82, 2.24) is 10.8 Å². The first-order valence-corrected chi connectivity index (χ1v) is 13.7. The number of hydrogen-bond acceptors (Lipinski definition) is 6. The van der Waals surface area contributed by atoms with Crippen LogP contribution in [0.2, 0.25) is 19.6 Å². The molecule has 0 spiro atoms. The maximum absolute atomic E-state index is 13.2. The minimum atomic E-state index is -3.61. The SMILES string of the molecule is C[Si](C)(C)C#CC(CS(=O)(=O)C1CNCCN1c1ccc(F)cc1)NO. The molecule has 0 amide bonds. The Morgan fingerprint density at radius 1 is 1.38 bits per heavy atom. The van der Waals surface area contributed by atoms with Gasteiger partial charge in [0.1, 0.15) is 25.3 Å². The van der Waals surface area contributed by atoms with Gasteiger partial charge in [-0.15, -0.1) is 5.54 Å². The van der Waals surface area contributed by atoms with E-state index in [1.54, 1.807) is 17.0 Å². The minimum Gasteiger partial charge on any atom is -0.353 e. The lowest BCUT2D eigenvalue weighted by molar-refractivity contribution is 0.153. The van der Waals surface area contributed by atoms with Crippen LogP contribution < -0.4 is 15.7 Å². The predicted octanol–water partition coefficient (Wildman–Crippen LogP) is 1.20. The molecule has 26 heavy (non-hydrogen) atoms. The van der Waals surface area contributed by atoms with Crippen molar-refractivity contribution in [3.8, 4) is 11.5 Å². The fourth-order valence-corrected chi connectivity index (χ4v) is 5.12. The van der Waals surface area contributed by atoms with Crippen molar-refractivity contribution in [1.29, 1.82) is 0 Å². The van der Waals surface area contributed by atoms with E-state index in [1.807, 2.05) is 25.1 Å². The van der Waals surface area contributed by atoms with Crippen LogP contribution in [0, 0.1) is 17.3 Å². The summed E-state index contributed by atoms with van der Waals surface area (Å²) in [5.74, 6) is 2.18. The maximum Gasteiger partial charge on any atom is 0.175 e. The lowest BCUT2D eigenvalue weighted by Gasteiger charge is -2.37. The number of hydrogen-bond donors (Lipinski definition) is 3. The zero-order valence-corrected chi connectivity index (χ0v) is 17.1. The molecule has 9 heteroatoms. The Labute approximate surface area is 155 Å². The molecule has 3 N–H and O–H groups in total. The van der Waals surface area contributed by atoms with E-state index in [9.17, 15) is 18.0 Å². The highest BCUT2D eigenvalue weighted by Crippen LogP contribution is 2.22. The summed E-state index contributed by atoms with van der Waals surface area (Å²) in [5, 5.41) is 11.6. The molecule has 0 saturated carbocycles. The standard InChI is InChI=1S/C17H26FN3O3SSi/c1-26(2,3)11-8-15(20-22)13-25(23,24)17-12-19-9-10-21(17)16-6-4-14(18)5-7-16/h4-7,15,17,19-20,22H,9-10,12-13H2,1-3H3. The van der Waals surface area contributed by atoms with Gasteiger partial charge in [0.25, 0.3) is 0 Å². The largest absolute Gasteiger partial charge is 0.353 e. The number of hydroxylamine groups is 1. The Kier molecular flexibility index (Phi) is 6.82. The molecule has 144 valence electrons. The Bertz CT molecular complexity index is 769. The summed E-state index contributed by atoms with van der Waals surface area (Å²) in [5.41, 5.74) is 5.75. The molecule has 2 atom stereocenters. The van der Waals surface area contributed by atoms with Crippen LogP contribution in [-0.4, -0.2) is 58.5 Å². The van der Waals surface area contributed by atoms with Gasteiger partial charge in [-0.2, -0.15) is 5.48 Å². The van der Waals surface area contributed by atoms with Gasteiger partial charge in [-0.05, 0) is 24.3 Å². The van der Waals surface area contributed by atoms with Gasteiger partial charge >= 0.3 is 0 Å².